The number of methoxy groups -OCH3 is 1. The second-order valence-corrected chi connectivity index (χ2v) is 5.96. The number of anilines is 1. The van der Waals surface area contributed by atoms with Crippen molar-refractivity contribution in [3.63, 3.8) is 0 Å². The quantitative estimate of drug-likeness (QED) is 0.835. The highest BCUT2D eigenvalue weighted by molar-refractivity contribution is 5.94. The Balaban J connectivity index is 1.43. The van der Waals surface area contributed by atoms with Crippen molar-refractivity contribution in [3.8, 4) is 5.88 Å². The molecule has 26 heavy (non-hydrogen) atoms. The van der Waals surface area contributed by atoms with Gasteiger partial charge in [-0.3, -0.25) is 9.69 Å². The maximum absolute atomic E-state index is 13.6. The van der Waals surface area contributed by atoms with Crippen LogP contribution in [0, 0.1) is 5.82 Å². The maximum Gasteiger partial charge on any atom is 0.254 e. The lowest BCUT2D eigenvalue weighted by Crippen LogP contribution is -2.49. The summed E-state index contributed by atoms with van der Waals surface area (Å²) >= 11 is 0. The molecule has 2 heterocycles. The van der Waals surface area contributed by atoms with E-state index in [4.69, 9.17) is 4.74 Å². The molecule has 0 spiro atoms. The molecule has 1 fully saturated rings. The summed E-state index contributed by atoms with van der Waals surface area (Å²) in [6.45, 7) is 4.48. The van der Waals surface area contributed by atoms with Gasteiger partial charge in [-0.05, 0) is 12.1 Å². The van der Waals surface area contributed by atoms with E-state index >= 15 is 0 Å². The molecular formula is C18H22FN5O2. The molecule has 1 aromatic carbocycles. The van der Waals surface area contributed by atoms with Crippen LogP contribution in [0.5, 0.6) is 5.88 Å². The van der Waals surface area contributed by atoms with Crippen LogP contribution in [0.25, 0.3) is 0 Å². The number of benzene rings is 1. The van der Waals surface area contributed by atoms with E-state index in [1.807, 2.05) is 0 Å². The number of carbonyl (C=O) groups excluding carboxylic acids is 1. The molecule has 138 valence electrons. The third kappa shape index (κ3) is 4.45. The Bertz CT molecular complexity index is 750. The predicted octanol–water partition coefficient (Wildman–Crippen LogP) is 1.18. The Morgan fingerprint density at radius 1 is 1.23 bits per heavy atom. The fourth-order valence-electron chi connectivity index (χ4n) is 2.84. The van der Waals surface area contributed by atoms with Gasteiger partial charge in [-0.2, -0.15) is 4.98 Å². The summed E-state index contributed by atoms with van der Waals surface area (Å²) in [5.41, 5.74) is 0.0764. The van der Waals surface area contributed by atoms with Crippen molar-refractivity contribution in [2.45, 2.75) is 0 Å². The van der Waals surface area contributed by atoms with E-state index in [1.54, 1.807) is 31.5 Å². The molecule has 1 aliphatic rings. The van der Waals surface area contributed by atoms with Crippen molar-refractivity contribution in [2.24, 2.45) is 0 Å². The highest BCUT2D eigenvalue weighted by Gasteiger charge is 2.19. The van der Waals surface area contributed by atoms with E-state index in [0.29, 0.717) is 24.9 Å². The van der Waals surface area contributed by atoms with Crippen LogP contribution < -0.4 is 15.0 Å². The van der Waals surface area contributed by atoms with Crippen LogP contribution in [-0.2, 0) is 0 Å². The van der Waals surface area contributed by atoms with Crippen molar-refractivity contribution in [2.75, 3.05) is 51.3 Å². The predicted molar refractivity (Wildman–Crippen MR) is 96.0 cm³/mol. The Morgan fingerprint density at radius 3 is 2.73 bits per heavy atom. The van der Waals surface area contributed by atoms with E-state index in [2.05, 4.69) is 25.1 Å². The van der Waals surface area contributed by atoms with Gasteiger partial charge in [-0.25, -0.2) is 9.37 Å². The van der Waals surface area contributed by atoms with Gasteiger partial charge in [-0.15, -0.1) is 0 Å². The lowest BCUT2D eigenvalue weighted by atomic mass is 10.2. The minimum absolute atomic E-state index is 0.0764. The number of ether oxygens (including phenoxy) is 1. The van der Waals surface area contributed by atoms with Crippen molar-refractivity contribution in [1.29, 1.82) is 0 Å². The number of amides is 1. The van der Waals surface area contributed by atoms with Gasteiger partial charge in [0.25, 0.3) is 5.91 Å². The number of hydrogen-bond acceptors (Lipinski definition) is 6. The first kappa shape index (κ1) is 18.1. The molecule has 7 nitrogen and oxygen atoms in total. The van der Waals surface area contributed by atoms with Gasteiger partial charge in [-0.1, -0.05) is 12.1 Å². The average Bonchev–Trinajstić information content (AvgIpc) is 2.69. The summed E-state index contributed by atoms with van der Waals surface area (Å²) in [5, 5.41) is 2.77. The Kier molecular flexibility index (Phi) is 5.96. The van der Waals surface area contributed by atoms with Gasteiger partial charge in [0.2, 0.25) is 11.8 Å². The zero-order valence-corrected chi connectivity index (χ0v) is 14.7. The van der Waals surface area contributed by atoms with Crippen LogP contribution in [0.3, 0.4) is 0 Å². The van der Waals surface area contributed by atoms with Gasteiger partial charge >= 0.3 is 0 Å². The van der Waals surface area contributed by atoms with Crippen LogP contribution in [0.1, 0.15) is 10.4 Å². The van der Waals surface area contributed by atoms with E-state index in [0.717, 1.165) is 26.2 Å². The van der Waals surface area contributed by atoms with Crippen molar-refractivity contribution in [1.82, 2.24) is 20.2 Å². The van der Waals surface area contributed by atoms with Gasteiger partial charge in [0, 0.05) is 51.5 Å². The van der Waals surface area contributed by atoms with E-state index in [9.17, 15) is 9.18 Å². The zero-order valence-electron chi connectivity index (χ0n) is 14.7. The summed E-state index contributed by atoms with van der Waals surface area (Å²) in [6.07, 6.45) is 1.69. The fraction of sp³-hybridized carbons (Fsp3) is 0.389. The third-order valence-electron chi connectivity index (χ3n) is 4.31. The molecule has 0 aliphatic carbocycles. The lowest BCUT2D eigenvalue weighted by Gasteiger charge is -2.34. The molecule has 1 aromatic heterocycles. The summed E-state index contributed by atoms with van der Waals surface area (Å²) in [5.74, 6) is 0.327. The van der Waals surface area contributed by atoms with Gasteiger partial charge < -0.3 is 15.0 Å². The van der Waals surface area contributed by atoms with E-state index in [-0.39, 0.29) is 11.5 Å². The molecule has 1 aliphatic heterocycles. The van der Waals surface area contributed by atoms with Crippen LogP contribution >= 0.6 is 0 Å². The van der Waals surface area contributed by atoms with Gasteiger partial charge in [0.1, 0.15) is 5.82 Å². The number of piperazine rings is 1. The SMILES string of the molecule is COc1ccnc(N2CCN(CCNC(=O)c3ccccc3F)CC2)n1. The summed E-state index contributed by atoms with van der Waals surface area (Å²) in [4.78, 5) is 25.0. The Hall–Kier alpha value is -2.74. The second kappa shape index (κ2) is 8.57. The largest absolute Gasteiger partial charge is 0.481 e. The zero-order chi connectivity index (χ0) is 18.4. The van der Waals surface area contributed by atoms with Crippen molar-refractivity contribution >= 4 is 11.9 Å². The molecule has 0 unspecified atom stereocenters. The van der Waals surface area contributed by atoms with Crippen LogP contribution in [0.2, 0.25) is 0 Å². The molecule has 0 atom stereocenters. The number of carbonyl (C=O) groups is 1. The smallest absolute Gasteiger partial charge is 0.254 e. The summed E-state index contributed by atoms with van der Waals surface area (Å²) in [6, 6.07) is 7.71. The molecule has 0 radical (unpaired) electrons. The van der Waals surface area contributed by atoms with Crippen LogP contribution in [0.4, 0.5) is 10.3 Å². The first-order valence-corrected chi connectivity index (χ1v) is 8.54. The summed E-state index contributed by atoms with van der Waals surface area (Å²) in [7, 11) is 1.58. The molecule has 1 saturated heterocycles. The highest BCUT2D eigenvalue weighted by Crippen LogP contribution is 2.14. The number of halogens is 1. The van der Waals surface area contributed by atoms with Crippen molar-refractivity contribution < 1.29 is 13.9 Å². The highest BCUT2D eigenvalue weighted by atomic mass is 19.1. The maximum atomic E-state index is 13.6. The number of nitrogens with zero attached hydrogens (tertiary/aromatic N) is 4. The number of hydrogen-bond donors (Lipinski definition) is 1. The van der Waals surface area contributed by atoms with Crippen molar-refractivity contribution in [3.05, 3.63) is 47.9 Å². The number of aromatic nitrogens is 2. The van der Waals surface area contributed by atoms with Gasteiger partial charge in [0.15, 0.2) is 0 Å². The summed E-state index contributed by atoms with van der Waals surface area (Å²) < 4.78 is 18.7. The molecule has 2 aromatic rings. The first-order valence-electron chi connectivity index (χ1n) is 8.54. The normalized spacial score (nSPS) is 14.9. The number of nitrogens with one attached hydrogen (secondary N) is 1. The fourth-order valence-corrected chi connectivity index (χ4v) is 2.84. The number of rotatable bonds is 6. The van der Waals surface area contributed by atoms with E-state index < -0.39 is 5.82 Å². The Labute approximate surface area is 151 Å². The monoisotopic (exact) mass is 359 g/mol. The molecule has 0 bridgehead atoms. The van der Waals surface area contributed by atoms with Gasteiger partial charge in [0.05, 0.1) is 12.7 Å². The molecular weight excluding hydrogens is 337 g/mol. The lowest BCUT2D eigenvalue weighted by molar-refractivity contribution is 0.0943. The second-order valence-electron chi connectivity index (χ2n) is 5.96. The van der Waals surface area contributed by atoms with Crippen LogP contribution in [0.15, 0.2) is 36.5 Å². The Morgan fingerprint density at radius 2 is 2.00 bits per heavy atom. The molecule has 1 amide bonds. The molecule has 3 rings (SSSR count). The minimum atomic E-state index is -0.503. The topological polar surface area (TPSA) is 70.6 Å². The average molecular weight is 359 g/mol. The van der Waals surface area contributed by atoms with E-state index in [1.165, 1.54) is 12.1 Å². The first-order chi connectivity index (χ1) is 12.7. The minimum Gasteiger partial charge on any atom is -0.481 e. The standard InChI is InChI=1S/C18H22FN5O2/c1-26-16-6-7-21-18(22-16)24-12-10-23(11-13-24)9-8-20-17(25)14-4-2-3-5-15(14)19/h2-7H,8-13H2,1H3,(H,20,25). The third-order valence-corrected chi connectivity index (χ3v) is 4.31. The molecule has 1 N–H and O–H groups in total. The molecule has 8 heteroatoms. The van der Waals surface area contributed by atoms with Crippen LogP contribution in [-0.4, -0.2) is 67.2 Å². The molecule has 0 saturated carbocycles.